The molecule has 70 valence electrons. The summed E-state index contributed by atoms with van der Waals surface area (Å²) in [7, 11) is 0. The minimum atomic E-state index is 0.119. The fourth-order valence-corrected chi connectivity index (χ4v) is 1.46. The van der Waals surface area contributed by atoms with Crippen LogP contribution in [0.2, 0.25) is 0 Å². The van der Waals surface area contributed by atoms with Gasteiger partial charge in [0.2, 0.25) is 0 Å². The zero-order chi connectivity index (χ0) is 9.35. The lowest BCUT2D eigenvalue weighted by Gasteiger charge is -2.34. The minimum absolute atomic E-state index is 0.119. The Hall–Kier alpha value is -0.730. The van der Waals surface area contributed by atoms with Crippen molar-refractivity contribution in [3.63, 3.8) is 0 Å². The summed E-state index contributed by atoms with van der Waals surface area (Å²) in [6.45, 7) is 10.6. The molecule has 0 aromatic carbocycles. The van der Waals surface area contributed by atoms with Gasteiger partial charge in [0.15, 0.2) is 5.96 Å². The predicted molar refractivity (Wildman–Crippen MR) is 52.1 cm³/mol. The average Bonchev–Trinajstić information content (AvgIpc) is 2.15. The van der Waals surface area contributed by atoms with Crippen LogP contribution in [0.4, 0.5) is 0 Å². The highest BCUT2D eigenvalue weighted by atomic mass is 15.3. The van der Waals surface area contributed by atoms with Gasteiger partial charge in [-0.2, -0.15) is 0 Å². The second kappa shape index (κ2) is 2.96. The third kappa shape index (κ3) is 1.71. The van der Waals surface area contributed by atoms with Crippen molar-refractivity contribution >= 4 is 5.96 Å². The van der Waals surface area contributed by atoms with Crippen LogP contribution in [-0.4, -0.2) is 29.5 Å². The van der Waals surface area contributed by atoms with Crippen molar-refractivity contribution in [3.05, 3.63) is 0 Å². The third-order valence-corrected chi connectivity index (χ3v) is 2.18. The molecule has 0 bridgehead atoms. The first-order valence-electron chi connectivity index (χ1n) is 4.51. The van der Waals surface area contributed by atoms with Gasteiger partial charge in [-0.05, 0) is 19.8 Å². The molecule has 0 aliphatic carbocycles. The number of nitrogens with zero attached hydrogens (tertiary/aromatic N) is 2. The van der Waals surface area contributed by atoms with E-state index in [0.29, 0.717) is 11.9 Å². The van der Waals surface area contributed by atoms with E-state index in [4.69, 9.17) is 5.73 Å². The molecule has 1 aliphatic rings. The maximum Gasteiger partial charge on any atom is 0.191 e. The smallest absolute Gasteiger partial charge is 0.191 e. The van der Waals surface area contributed by atoms with Gasteiger partial charge in [-0.15, -0.1) is 0 Å². The van der Waals surface area contributed by atoms with Crippen molar-refractivity contribution in [2.45, 2.75) is 33.2 Å². The van der Waals surface area contributed by atoms with Crippen LogP contribution in [0.3, 0.4) is 0 Å². The molecular weight excluding hydrogens is 150 g/mol. The highest BCUT2D eigenvalue weighted by Gasteiger charge is 2.33. The Balaban J connectivity index is 2.66. The van der Waals surface area contributed by atoms with Gasteiger partial charge in [0.1, 0.15) is 0 Å². The van der Waals surface area contributed by atoms with E-state index in [-0.39, 0.29) is 5.54 Å². The minimum Gasteiger partial charge on any atom is -0.370 e. The van der Waals surface area contributed by atoms with Crippen LogP contribution < -0.4 is 5.73 Å². The number of hydrogen-bond acceptors (Lipinski definition) is 3. The van der Waals surface area contributed by atoms with E-state index < -0.39 is 0 Å². The molecule has 0 atom stereocenters. The maximum absolute atomic E-state index is 5.78. The third-order valence-electron chi connectivity index (χ3n) is 2.18. The van der Waals surface area contributed by atoms with Crippen LogP contribution >= 0.6 is 0 Å². The first kappa shape index (κ1) is 9.36. The van der Waals surface area contributed by atoms with E-state index in [1.165, 1.54) is 0 Å². The number of aliphatic imine (C=N–C) groups is 1. The molecule has 0 saturated heterocycles. The van der Waals surface area contributed by atoms with Crippen molar-refractivity contribution in [2.75, 3.05) is 13.1 Å². The Morgan fingerprint density at radius 3 is 2.50 bits per heavy atom. The Bertz CT molecular complexity index is 194. The topological polar surface area (TPSA) is 41.6 Å². The Kier molecular flexibility index (Phi) is 2.31. The molecule has 0 spiro atoms. The zero-order valence-corrected chi connectivity index (χ0v) is 8.46. The van der Waals surface area contributed by atoms with E-state index in [1.807, 2.05) is 0 Å². The van der Waals surface area contributed by atoms with Crippen molar-refractivity contribution in [1.29, 1.82) is 0 Å². The number of guanidine groups is 1. The van der Waals surface area contributed by atoms with Gasteiger partial charge >= 0.3 is 0 Å². The predicted octanol–water partition coefficient (Wildman–Crippen LogP) is 1.05. The largest absolute Gasteiger partial charge is 0.370 e. The Morgan fingerprint density at radius 2 is 2.17 bits per heavy atom. The van der Waals surface area contributed by atoms with E-state index in [9.17, 15) is 0 Å². The summed E-state index contributed by atoms with van der Waals surface area (Å²) in [5, 5.41) is 0. The molecule has 2 N–H and O–H groups in total. The molecule has 0 saturated carbocycles. The number of hydrogen-bond donors (Lipinski definition) is 1. The average molecular weight is 169 g/mol. The van der Waals surface area contributed by atoms with Crippen LogP contribution in [-0.2, 0) is 0 Å². The summed E-state index contributed by atoms with van der Waals surface area (Å²) in [5.74, 6) is 1.34. The van der Waals surface area contributed by atoms with Crippen molar-refractivity contribution in [2.24, 2.45) is 16.6 Å². The van der Waals surface area contributed by atoms with E-state index in [0.717, 1.165) is 13.1 Å². The van der Waals surface area contributed by atoms with Gasteiger partial charge in [0.05, 0.1) is 12.1 Å². The van der Waals surface area contributed by atoms with Crippen molar-refractivity contribution < 1.29 is 0 Å². The molecule has 0 fully saturated rings. The normalized spacial score (nSPS) is 21.8. The first-order valence-corrected chi connectivity index (χ1v) is 4.51. The van der Waals surface area contributed by atoms with Gasteiger partial charge in [-0.3, -0.25) is 4.99 Å². The summed E-state index contributed by atoms with van der Waals surface area (Å²) in [5.41, 5.74) is 5.90. The van der Waals surface area contributed by atoms with Crippen LogP contribution in [0.25, 0.3) is 0 Å². The van der Waals surface area contributed by atoms with Crippen LogP contribution in [0.15, 0.2) is 4.99 Å². The quantitative estimate of drug-likeness (QED) is 0.671. The molecule has 1 aliphatic heterocycles. The second-order valence-electron chi connectivity index (χ2n) is 4.49. The van der Waals surface area contributed by atoms with Gasteiger partial charge < -0.3 is 10.6 Å². The van der Waals surface area contributed by atoms with Gasteiger partial charge in [0.25, 0.3) is 0 Å². The summed E-state index contributed by atoms with van der Waals surface area (Å²) in [4.78, 5) is 6.44. The molecule has 0 radical (unpaired) electrons. The standard InChI is InChI=1S/C9H19N3/c1-7(2)5-12-8(10)11-6-9(12,3)4/h7H,5-6H2,1-4H3,(H2,10,11). The Morgan fingerprint density at radius 1 is 1.58 bits per heavy atom. The highest BCUT2D eigenvalue weighted by molar-refractivity contribution is 5.80. The Labute approximate surface area is 74.6 Å². The fourth-order valence-electron chi connectivity index (χ4n) is 1.46. The van der Waals surface area contributed by atoms with Gasteiger partial charge in [-0.1, -0.05) is 13.8 Å². The van der Waals surface area contributed by atoms with Gasteiger partial charge in [-0.25, -0.2) is 0 Å². The molecule has 0 unspecified atom stereocenters. The maximum atomic E-state index is 5.78. The number of nitrogens with two attached hydrogens (primary N) is 1. The first-order chi connectivity index (χ1) is 5.43. The van der Waals surface area contributed by atoms with Gasteiger partial charge in [0, 0.05) is 6.54 Å². The van der Waals surface area contributed by atoms with Crippen molar-refractivity contribution in [3.8, 4) is 0 Å². The molecule has 1 heterocycles. The molecule has 0 aromatic rings. The molecule has 0 aromatic heterocycles. The highest BCUT2D eigenvalue weighted by Crippen LogP contribution is 2.21. The molecular formula is C9H19N3. The van der Waals surface area contributed by atoms with E-state index in [2.05, 4.69) is 37.6 Å². The van der Waals surface area contributed by atoms with E-state index in [1.54, 1.807) is 0 Å². The van der Waals surface area contributed by atoms with Crippen molar-refractivity contribution in [1.82, 2.24) is 4.90 Å². The van der Waals surface area contributed by atoms with Crippen LogP contribution in [0.1, 0.15) is 27.7 Å². The SMILES string of the molecule is CC(C)CN1C(N)=NCC1(C)C. The van der Waals surface area contributed by atoms with Crippen LogP contribution in [0, 0.1) is 5.92 Å². The monoisotopic (exact) mass is 169 g/mol. The molecule has 12 heavy (non-hydrogen) atoms. The van der Waals surface area contributed by atoms with E-state index >= 15 is 0 Å². The molecule has 3 heteroatoms. The fraction of sp³-hybridized carbons (Fsp3) is 0.889. The lowest BCUT2D eigenvalue weighted by Crippen LogP contribution is -2.49. The summed E-state index contributed by atoms with van der Waals surface area (Å²) >= 11 is 0. The summed E-state index contributed by atoms with van der Waals surface area (Å²) in [6.07, 6.45) is 0. The molecule has 1 rings (SSSR count). The summed E-state index contributed by atoms with van der Waals surface area (Å²) in [6, 6.07) is 0. The number of rotatable bonds is 2. The second-order valence-corrected chi connectivity index (χ2v) is 4.49. The zero-order valence-electron chi connectivity index (χ0n) is 8.46. The molecule has 0 amide bonds. The molecule has 3 nitrogen and oxygen atoms in total. The summed E-state index contributed by atoms with van der Waals surface area (Å²) < 4.78 is 0. The lowest BCUT2D eigenvalue weighted by atomic mass is 10.0. The lowest BCUT2D eigenvalue weighted by molar-refractivity contribution is 0.223. The van der Waals surface area contributed by atoms with Crippen LogP contribution in [0.5, 0.6) is 0 Å².